The van der Waals surface area contributed by atoms with Crippen molar-refractivity contribution in [2.45, 2.75) is 45.7 Å². The summed E-state index contributed by atoms with van der Waals surface area (Å²) in [5.41, 5.74) is 7.61. The zero-order chi connectivity index (χ0) is 13.1. The zero-order valence-corrected chi connectivity index (χ0v) is 11.2. The fourth-order valence-electron chi connectivity index (χ4n) is 2.05. The second-order valence-electron chi connectivity index (χ2n) is 5.25. The van der Waals surface area contributed by atoms with Crippen molar-refractivity contribution in [2.75, 3.05) is 5.73 Å². The summed E-state index contributed by atoms with van der Waals surface area (Å²) in [6, 6.07) is 8.27. The van der Waals surface area contributed by atoms with Crippen LogP contribution in [0.25, 0.3) is 0 Å². The predicted octanol–water partition coefficient (Wildman–Crippen LogP) is 2.81. The third-order valence-corrected chi connectivity index (χ3v) is 3.64. The molecule has 1 amide bonds. The smallest absolute Gasteiger partial charge is 0.225 e. The maximum Gasteiger partial charge on any atom is 0.225 e. The summed E-state index contributed by atoms with van der Waals surface area (Å²) in [5.74, 6) is 0.413. The average Bonchev–Trinajstić information content (AvgIpc) is 3.20. The van der Waals surface area contributed by atoms with E-state index in [1.165, 1.54) is 0 Å². The fourth-order valence-corrected chi connectivity index (χ4v) is 2.05. The fraction of sp³-hybridized carbons (Fsp3) is 0.533. The summed E-state index contributed by atoms with van der Waals surface area (Å²) in [5, 5.41) is 0. The first kappa shape index (κ1) is 12.9. The second kappa shape index (κ2) is 5.42. The molecule has 1 fully saturated rings. The van der Waals surface area contributed by atoms with Gasteiger partial charge in [-0.3, -0.25) is 4.79 Å². The van der Waals surface area contributed by atoms with Crippen LogP contribution in [0.2, 0.25) is 0 Å². The molecule has 1 aromatic carbocycles. The van der Waals surface area contributed by atoms with E-state index in [-0.39, 0.29) is 11.8 Å². The van der Waals surface area contributed by atoms with Crippen molar-refractivity contribution in [1.29, 1.82) is 0 Å². The van der Waals surface area contributed by atoms with Crippen LogP contribution in [-0.2, 0) is 11.3 Å². The normalized spacial score (nSPS) is 16.3. The Morgan fingerprint density at radius 2 is 2.00 bits per heavy atom. The van der Waals surface area contributed by atoms with Crippen molar-refractivity contribution in [1.82, 2.24) is 4.90 Å². The third kappa shape index (κ3) is 3.03. The van der Waals surface area contributed by atoms with Crippen LogP contribution in [0, 0.1) is 5.92 Å². The molecule has 3 nitrogen and oxygen atoms in total. The van der Waals surface area contributed by atoms with Gasteiger partial charge in [-0.2, -0.15) is 0 Å². The molecule has 0 saturated heterocycles. The van der Waals surface area contributed by atoms with Crippen LogP contribution in [0.1, 0.15) is 38.7 Å². The highest BCUT2D eigenvalue weighted by Crippen LogP contribution is 2.30. The van der Waals surface area contributed by atoms with Gasteiger partial charge in [-0.15, -0.1) is 0 Å². The van der Waals surface area contributed by atoms with Crippen molar-refractivity contribution in [2.24, 2.45) is 5.92 Å². The molecule has 1 unspecified atom stereocenters. The summed E-state index contributed by atoms with van der Waals surface area (Å²) in [7, 11) is 0. The summed E-state index contributed by atoms with van der Waals surface area (Å²) in [6.45, 7) is 4.80. The highest BCUT2D eigenvalue weighted by atomic mass is 16.2. The Labute approximate surface area is 109 Å². The number of nitrogen functional groups attached to an aromatic ring is 1. The predicted molar refractivity (Wildman–Crippen MR) is 73.9 cm³/mol. The van der Waals surface area contributed by atoms with Crippen LogP contribution in [0.5, 0.6) is 0 Å². The van der Waals surface area contributed by atoms with E-state index in [1.807, 2.05) is 36.1 Å². The molecule has 0 radical (unpaired) electrons. The number of hydrogen-bond donors (Lipinski definition) is 1. The first-order valence-corrected chi connectivity index (χ1v) is 6.76. The first-order chi connectivity index (χ1) is 8.61. The van der Waals surface area contributed by atoms with Gasteiger partial charge in [0.25, 0.3) is 0 Å². The molecule has 1 saturated carbocycles. The van der Waals surface area contributed by atoms with E-state index in [0.717, 1.165) is 30.5 Å². The molecule has 1 aromatic rings. The van der Waals surface area contributed by atoms with Crippen molar-refractivity contribution in [3.8, 4) is 0 Å². The first-order valence-electron chi connectivity index (χ1n) is 6.76. The lowest BCUT2D eigenvalue weighted by Gasteiger charge is -2.25. The van der Waals surface area contributed by atoms with Gasteiger partial charge in [-0.1, -0.05) is 26.0 Å². The standard InChI is InChI=1S/C15H22N2O/c1-3-11(2)15(18)17(14-8-9-14)10-12-4-6-13(16)7-5-12/h4-7,11,14H,3,8-10,16H2,1-2H3. The minimum absolute atomic E-state index is 0.124. The average molecular weight is 246 g/mol. The molecule has 0 spiro atoms. The summed E-state index contributed by atoms with van der Waals surface area (Å²) < 4.78 is 0. The van der Waals surface area contributed by atoms with Gasteiger partial charge in [0.05, 0.1) is 0 Å². The zero-order valence-electron chi connectivity index (χ0n) is 11.2. The molecule has 1 atom stereocenters. The number of hydrogen-bond acceptors (Lipinski definition) is 2. The molecule has 0 bridgehead atoms. The number of nitrogens with zero attached hydrogens (tertiary/aromatic N) is 1. The minimum Gasteiger partial charge on any atom is -0.399 e. The number of carbonyl (C=O) groups excluding carboxylic acids is 1. The summed E-state index contributed by atoms with van der Waals surface area (Å²) in [4.78, 5) is 14.4. The Balaban J connectivity index is 2.06. The molecule has 98 valence electrons. The highest BCUT2D eigenvalue weighted by Gasteiger charge is 2.33. The van der Waals surface area contributed by atoms with E-state index < -0.39 is 0 Å². The SMILES string of the molecule is CCC(C)C(=O)N(Cc1ccc(N)cc1)C1CC1. The van der Waals surface area contributed by atoms with E-state index >= 15 is 0 Å². The number of amides is 1. The van der Waals surface area contributed by atoms with E-state index in [1.54, 1.807) is 0 Å². The number of nitrogens with two attached hydrogens (primary N) is 1. The van der Waals surface area contributed by atoms with E-state index in [9.17, 15) is 4.79 Å². The largest absolute Gasteiger partial charge is 0.399 e. The van der Waals surface area contributed by atoms with Crippen LogP contribution < -0.4 is 5.73 Å². The number of anilines is 1. The Morgan fingerprint density at radius 1 is 1.39 bits per heavy atom. The monoisotopic (exact) mass is 246 g/mol. The number of rotatable bonds is 5. The van der Waals surface area contributed by atoms with Gasteiger partial charge in [0, 0.05) is 24.2 Å². The molecule has 1 aliphatic rings. The topological polar surface area (TPSA) is 46.3 Å². The Kier molecular flexibility index (Phi) is 3.90. The Morgan fingerprint density at radius 3 is 2.50 bits per heavy atom. The Hall–Kier alpha value is -1.51. The Bertz CT molecular complexity index is 409. The molecular formula is C15H22N2O. The van der Waals surface area contributed by atoms with Gasteiger partial charge >= 0.3 is 0 Å². The maximum absolute atomic E-state index is 12.3. The lowest BCUT2D eigenvalue weighted by Crippen LogP contribution is -2.36. The van der Waals surface area contributed by atoms with Gasteiger partial charge in [0.2, 0.25) is 5.91 Å². The van der Waals surface area contributed by atoms with E-state index in [2.05, 4.69) is 6.92 Å². The van der Waals surface area contributed by atoms with Crippen molar-refractivity contribution < 1.29 is 4.79 Å². The molecule has 2 N–H and O–H groups in total. The molecule has 3 heteroatoms. The maximum atomic E-state index is 12.3. The highest BCUT2D eigenvalue weighted by molar-refractivity contribution is 5.79. The molecule has 0 heterocycles. The number of benzene rings is 1. The van der Waals surface area contributed by atoms with Gasteiger partial charge in [0.1, 0.15) is 0 Å². The molecule has 0 aromatic heterocycles. The lowest BCUT2D eigenvalue weighted by molar-refractivity contribution is -0.136. The van der Waals surface area contributed by atoms with Crippen LogP contribution >= 0.6 is 0 Å². The van der Waals surface area contributed by atoms with Crippen LogP contribution in [0.15, 0.2) is 24.3 Å². The van der Waals surface area contributed by atoms with E-state index in [0.29, 0.717) is 12.6 Å². The van der Waals surface area contributed by atoms with Gasteiger partial charge in [-0.25, -0.2) is 0 Å². The van der Waals surface area contributed by atoms with Crippen molar-refractivity contribution >= 4 is 11.6 Å². The molecular weight excluding hydrogens is 224 g/mol. The molecule has 2 rings (SSSR count). The van der Waals surface area contributed by atoms with Crippen LogP contribution in [0.4, 0.5) is 5.69 Å². The van der Waals surface area contributed by atoms with Crippen LogP contribution in [0.3, 0.4) is 0 Å². The quantitative estimate of drug-likeness (QED) is 0.812. The van der Waals surface area contributed by atoms with Crippen molar-refractivity contribution in [3.05, 3.63) is 29.8 Å². The van der Waals surface area contributed by atoms with Crippen LogP contribution in [-0.4, -0.2) is 16.8 Å². The van der Waals surface area contributed by atoms with Gasteiger partial charge < -0.3 is 10.6 Å². The van der Waals surface area contributed by atoms with Gasteiger partial charge in [-0.05, 0) is 37.0 Å². The molecule has 1 aliphatic carbocycles. The number of carbonyl (C=O) groups is 1. The minimum atomic E-state index is 0.124. The third-order valence-electron chi connectivity index (χ3n) is 3.64. The van der Waals surface area contributed by atoms with E-state index in [4.69, 9.17) is 5.73 Å². The van der Waals surface area contributed by atoms with Gasteiger partial charge in [0.15, 0.2) is 0 Å². The van der Waals surface area contributed by atoms with Crippen molar-refractivity contribution in [3.63, 3.8) is 0 Å². The summed E-state index contributed by atoms with van der Waals surface area (Å²) >= 11 is 0. The molecule has 18 heavy (non-hydrogen) atoms. The lowest BCUT2D eigenvalue weighted by atomic mass is 10.1. The summed E-state index contributed by atoms with van der Waals surface area (Å²) in [6.07, 6.45) is 3.21. The second-order valence-corrected chi connectivity index (χ2v) is 5.25. The molecule has 0 aliphatic heterocycles.